The maximum atomic E-state index is 15.3. The average molecular weight is 557 g/mol. The lowest BCUT2D eigenvalue weighted by atomic mass is 9.97. The van der Waals surface area contributed by atoms with Crippen LogP contribution in [0.3, 0.4) is 0 Å². The van der Waals surface area contributed by atoms with Gasteiger partial charge in [0.1, 0.15) is 35.2 Å². The van der Waals surface area contributed by atoms with Gasteiger partial charge < -0.3 is 14.7 Å². The SMILES string of the molecule is CCCCOC(=O)CCC(=O)C[C@H](O)/C(F)=C/N1C(C(C)C)=NC(c2ccc(F)cc2)=CC1c1ccc(F)cc1. The van der Waals surface area contributed by atoms with Gasteiger partial charge in [0.05, 0.1) is 24.8 Å². The minimum absolute atomic E-state index is 0.138. The molecule has 9 heteroatoms. The van der Waals surface area contributed by atoms with E-state index in [1.807, 2.05) is 20.8 Å². The number of unbranched alkanes of at least 4 members (excludes halogenated alkanes) is 1. The second-order valence-electron chi connectivity index (χ2n) is 9.93. The smallest absolute Gasteiger partial charge is 0.306 e. The Bertz CT molecular complexity index is 1250. The van der Waals surface area contributed by atoms with E-state index in [0.29, 0.717) is 22.7 Å². The lowest BCUT2D eigenvalue weighted by Gasteiger charge is -2.36. The summed E-state index contributed by atoms with van der Waals surface area (Å²) in [5.74, 6) is -2.52. The fourth-order valence-electron chi connectivity index (χ4n) is 4.14. The van der Waals surface area contributed by atoms with Crippen LogP contribution >= 0.6 is 0 Å². The molecular weight excluding hydrogens is 521 g/mol. The first-order chi connectivity index (χ1) is 19.1. The van der Waals surface area contributed by atoms with Gasteiger partial charge in [0.2, 0.25) is 0 Å². The first-order valence-electron chi connectivity index (χ1n) is 13.4. The third kappa shape index (κ3) is 8.64. The number of hydrogen-bond acceptors (Lipinski definition) is 6. The van der Waals surface area contributed by atoms with Crippen molar-refractivity contribution in [2.24, 2.45) is 10.9 Å². The topological polar surface area (TPSA) is 79.2 Å². The van der Waals surface area contributed by atoms with Gasteiger partial charge in [-0.1, -0.05) is 39.3 Å². The van der Waals surface area contributed by atoms with Crippen LogP contribution in [0, 0.1) is 17.6 Å². The molecule has 6 nitrogen and oxygen atoms in total. The molecule has 2 aromatic carbocycles. The van der Waals surface area contributed by atoms with E-state index >= 15 is 4.39 Å². The number of amidine groups is 1. The van der Waals surface area contributed by atoms with Crippen molar-refractivity contribution in [3.63, 3.8) is 0 Å². The number of aliphatic hydroxyl groups is 1. The van der Waals surface area contributed by atoms with Gasteiger partial charge in [-0.05, 0) is 54.5 Å². The first-order valence-corrected chi connectivity index (χ1v) is 13.4. The molecule has 0 bridgehead atoms. The summed E-state index contributed by atoms with van der Waals surface area (Å²) in [6.45, 7) is 5.98. The maximum Gasteiger partial charge on any atom is 0.306 e. The molecule has 0 amide bonds. The number of halogens is 3. The van der Waals surface area contributed by atoms with Crippen molar-refractivity contribution in [3.05, 3.63) is 89.4 Å². The largest absolute Gasteiger partial charge is 0.466 e. The number of carbonyl (C=O) groups excluding carboxylic acids is 2. The number of ketones is 1. The second-order valence-corrected chi connectivity index (χ2v) is 9.93. The number of benzene rings is 2. The van der Waals surface area contributed by atoms with Crippen LogP contribution in [0.1, 0.15) is 70.0 Å². The second kappa shape index (κ2) is 14.6. The van der Waals surface area contributed by atoms with Gasteiger partial charge in [0.15, 0.2) is 0 Å². The Hall–Kier alpha value is -3.72. The molecule has 214 valence electrons. The Labute approximate surface area is 232 Å². The minimum atomic E-state index is -1.73. The summed E-state index contributed by atoms with van der Waals surface area (Å²) >= 11 is 0. The van der Waals surface area contributed by atoms with E-state index < -0.39 is 47.8 Å². The predicted molar refractivity (Wildman–Crippen MR) is 148 cm³/mol. The molecule has 1 unspecified atom stereocenters. The van der Waals surface area contributed by atoms with Gasteiger partial charge in [0, 0.05) is 30.5 Å². The van der Waals surface area contributed by atoms with Crippen LogP contribution in [0.5, 0.6) is 0 Å². The van der Waals surface area contributed by atoms with E-state index in [4.69, 9.17) is 9.73 Å². The zero-order chi connectivity index (χ0) is 29.2. The number of hydrogen-bond donors (Lipinski definition) is 1. The minimum Gasteiger partial charge on any atom is -0.466 e. The van der Waals surface area contributed by atoms with Crippen molar-refractivity contribution in [3.8, 4) is 0 Å². The van der Waals surface area contributed by atoms with E-state index in [2.05, 4.69) is 0 Å². The molecule has 0 aliphatic carbocycles. The monoisotopic (exact) mass is 556 g/mol. The predicted octanol–water partition coefficient (Wildman–Crippen LogP) is 6.67. The molecule has 0 saturated heterocycles. The highest BCUT2D eigenvalue weighted by atomic mass is 19.1. The van der Waals surface area contributed by atoms with E-state index in [9.17, 15) is 23.5 Å². The summed E-state index contributed by atoms with van der Waals surface area (Å²) < 4.78 is 47.6. The van der Waals surface area contributed by atoms with Crippen LogP contribution in [0.4, 0.5) is 13.2 Å². The Kier molecular flexibility index (Phi) is 11.3. The number of Topliss-reactive ketones (excluding diaryl/α,β-unsaturated/α-hetero) is 1. The van der Waals surface area contributed by atoms with E-state index in [1.165, 1.54) is 24.3 Å². The van der Waals surface area contributed by atoms with E-state index in [1.54, 1.807) is 35.2 Å². The number of rotatable bonds is 13. The van der Waals surface area contributed by atoms with Crippen molar-refractivity contribution in [1.29, 1.82) is 0 Å². The van der Waals surface area contributed by atoms with Crippen LogP contribution in [0.25, 0.3) is 5.70 Å². The van der Waals surface area contributed by atoms with Crippen molar-refractivity contribution in [2.45, 2.75) is 65.0 Å². The zero-order valence-corrected chi connectivity index (χ0v) is 22.9. The molecule has 0 saturated carbocycles. The number of ether oxygens (including phenoxy) is 1. The number of carbonyl (C=O) groups is 2. The molecule has 3 rings (SSSR count). The Morgan fingerprint density at radius 3 is 2.27 bits per heavy atom. The number of nitrogens with zero attached hydrogens (tertiary/aromatic N) is 2. The molecule has 2 aromatic rings. The summed E-state index contributed by atoms with van der Waals surface area (Å²) in [5.41, 5.74) is 1.81. The molecule has 1 aliphatic heterocycles. The molecule has 1 heterocycles. The highest BCUT2D eigenvalue weighted by Gasteiger charge is 2.29. The molecule has 1 N–H and O–H groups in total. The molecule has 2 atom stereocenters. The fourth-order valence-corrected chi connectivity index (χ4v) is 4.14. The number of esters is 1. The van der Waals surface area contributed by atoms with Crippen LogP contribution in [0.2, 0.25) is 0 Å². The highest BCUT2D eigenvalue weighted by Crippen LogP contribution is 2.35. The molecule has 40 heavy (non-hydrogen) atoms. The van der Waals surface area contributed by atoms with Crippen molar-refractivity contribution < 1.29 is 32.6 Å². The van der Waals surface area contributed by atoms with Crippen molar-refractivity contribution >= 4 is 23.3 Å². The average Bonchev–Trinajstić information content (AvgIpc) is 2.93. The molecule has 1 aliphatic rings. The zero-order valence-electron chi connectivity index (χ0n) is 22.9. The van der Waals surface area contributed by atoms with Crippen LogP contribution in [-0.4, -0.2) is 40.3 Å². The number of aliphatic hydroxyl groups excluding tert-OH is 1. The van der Waals surface area contributed by atoms with Crippen molar-refractivity contribution in [1.82, 2.24) is 4.90 Å². The Morgan fingerprint density at radius 2 is 1.68 bits per heavy atom. The molecular formula is C31H35F3N2O4. The number of aliphatic imine (C=N–C) groups is 1. The quantitative estimate of drug-likeness (QED) is 0.220. The maximum absolute atomic E-state index is 15.3. The van der Waals surface area contributed by atoms with Crippen LogP contribution in [-0.2, 0) is 14.3 Å². The lowest BCUT2D eigenvalue weighted by molar-refractivity contribution is -0.145. The first kappa shape index (κ1) is 30.8. The fraction of sp³-hybridized carbons (Fsp3) is 0.387. The van der Waals surface area contributed by atoms with Gasteiger partial charge in [-0.2, -0.15) is 0 Å². The van der Waals surface area contributed by atoms with Crippen LogP contribution in [0.15, 0.2) is 71.6 Å². The molecule has 0 aromatic heterocycles. The van der Waals surface area contributed by atoms with Gasteiger partial charge in [-0.3, -0.25) is 9.59 Å². The summed E-state index contributed by atoms with van der Waals surface area (Å²) in [6.07, 6.45) is 1.90. The van der Waals surface area contributed by atoms with Gasteiger partial charge >= 0.3 is 5.97 Å². The summed E-state index contributed by atoms with van der Waals surface area (Å²) in [5, 5.41) is 10.5. The molecule has 0 fully saturated rings. The highest BCUT2D eigenvalue weighted by molar-refractivity contribution is 5.93. The summed E-state index contributed by atoms with van der Waals surface area (Å²) in [6, 6.07) is 10.9. The summed E-state index contributed by atoms with van der Waals surface area (Å²) in [7, 11) is 0. The molecule has 0 radical (unpaired) electrons. The molecule has 0 spiro atoms. The summed E-state index contributed by atoms with van der Waals surface area (Å²) in [4.78, 5) is 30.3. The van der Waals surface area contributed by atoms with Crippen LogP contribution < -0.4 is 0 Å². The van der Waals surface area contributed by atoms with E-state index in [-0.39, 0.29) is 25.4 Å². The normalized spacial score (nSPS) is 16.4. The Morgan fingerprint density at radius 1 is 1.05 bits per heavy atom. The lowest BCUT2D eigenvalue weighted by Crippen LogP contribution is -2.36. The third-order valence-electron chi connectivity index (χ3n) is 6.35. The standard InChI is InChI=1S/C31H35F3N2O4/c1-4-5-16-40-30(39)15-14-25(37)17-29(38)26(34)19-36-28(22-8-12-24(33)13-9-22)18-27(35-31(36)20(2)3)21-6-10-23(32)11-7-21/h6-13,18-20,28-29,38H,4-5,14-17H2,1-3H3/b26-19-/t28?,29-/m0/s1. The Balaban J connectivity index is 1.84. The van der Waals surface area contributed by atoms with Gasteiger partial charge in [-0.15, -0.1) is 0 Å². The third-order valence-corrected chi connectivity index (χ3v) is 6.35. The van der Waals surface area contributed by atoms with Crippen molar-refractivity contribution in [2.75, 3.05) is 6.61 Å². The van der Waals surface area contributed by atoms with Gasteiger partial charge in [-0.25, -0.2) is 18.2 Å². The van der Waals surface area contributed by atoms with E-state index in [0.717, 1.165) is 19.0 Å². The van der Waals surface area contributed by atoms with Gasteiger partial charge in [0.25, 0.3) is 0 Å².